The van der Waals surface area contributed by atoms with Crippen molar-refractivity contribution in [1.82, 2.24) is 15.3 Å². The Hall–Kier alpha value is -0.870. The molecule has 15 heavy (non-hydrogen) atoms. The van der Waals surface area contributed by atoms with Crippen LogP contribution >= 0.6 is 11.6 Å². The molecule has 0 spiro atoms. The Morgan fingerprint density at radius 2 is 2.33 bits per heavy atom. The van der Waals surface area contributed by atoms with E-state index in [1.807, 2.05) is 0 Å². The zero-order valence-corrected chi connectivity index (χ0v) is 9.11. The average molecular weight is 225 g/mol. The van der Waals surface area contributed by atoms with Gasteiger partial charge in [-0.15, -0.1) is 0 Å². The molecule has 0 saturated carbocycles. The molecule has 0 aromatic carbocycles. The molecule has 1 aromatic rings. The lowest BCUT2D eigenvalue weighted by Crippen LogP contribution is -2.34. The van der Waals surface area contributed by atoms with Gasteiger partial charge in [-0.3, -0.25) is 4.98 Å². The Morgan fingerprint density at radius 1 is 1.40 bits per heavy atom. The Kier molecular flexibility index (Phi) is 2.25. The second-order valence-electron chi connectivity index (χ2n) is 4.17. The molecule has 0 aliphatic carbocycles. The summed E-state index contributed by atoms with van der Waals surface area (Å²) in [7, 11) is 0. The molecule has 3 heterocycles. The maximum absolute atomic E-state index is 5.85. The van der Waals surface area contributed by atoms with E-state index in [2.05, 4.69) is 20.2 Å². The van der Waals surface area contributed by atoms with Gasteiger partial charge in [0.1, 0.15) is 11.0 Å². The number of hydrogen-bond donors (Lipinski definition) is 1. The first-order valence-electron chi connectivity index (χ1n) is 5.29. The summed E-state index contributed by atoms with van der Waals surface area (Å²) < 4.78 is 0. The summed E-state index contributed by atoms with van der Waals surface area (Å²) in [5, 5.41) is 3.89. The quantitative estimate of drug-likeness (QED) is 0.771. The molecule has 2 aliphatic rings. The highest BCUT2D eigenvalue weighted by molar-refractivity contribution is 6.29. The molecule has 2 atom stereocenters. The van der Waals surface area contributed by atoms with Crippen molar-refractivity contribution >= 4 is 17.4 Å². The number of aromatic nitrogens is 2. The Labute approximate surface area is 93.7 Å². The van der Waals surface area contributed by atoms with Crippen molar-refractivity contribution in [3.8, 4) is 0 Å². The first kappa shape index (κ1) is 9.36. The lowest BCUT2D eigenvalue weighted by Gasteiger charge is -2.23. The third kappa shape index (κ3) is 1.58. The van der Waals surface area contributed by atoms with Crippen LogP contribution < -0.4 is 10.2 Å². The van der Waals surface area contributed by atoms with Gasteiger partial charge >= 0.3 is 0 Å². The van der Waals surface area contributed by atoms with Gasteiger partial charge in [-0.2, -0.15) is 0 Å². The van der Waals surface area contributed by atoms with Gasteiger partial charge in [-0.05, 0) is 12.3 Å². The summed E-state index contributed by atoms with van der Waals surface area (Å²) in [6.07, 6.45) is 4.62. The normalized spacial score (nSPS) is 29.5. The Balaban J connectivity index is 1.88. The van der Waals surface area contributed by atoms with Crippen molar-refractivity contribution < 1.29 is 0 Å². The van der Waals surface area contributed by atoms with Gasteiger partial charge in [0.2, 0.25) is 0 Å². The van der Waals surface area contributed by atoms with E-state index in [4.69, 9.17) is 11.6 Å². The van der Waals surface area contributed by atoms with Crippen LogP contribution in [0.25, 0.3) is 0 Å². The third-order valence-electron chi connectivity index (χ3n) is 3.33. The molecule has 2 saturated heterocycles. The van der Waals surface area contributed by atoms with Crippen LogP contribution in [0.15, 0.2) is 12.4 Å². The summed E-state index contributed by atoms with van der Waals surface area (Å²) >= 11 is 5.85. The second kappa shape index (κ2) is 3.61. The van der Waals surface area contributed by atoms with E-state index >= 15 is 0 Å². The molecule has 0 radical (unpaired) electrons. The first-order valence-corrected chi connectivity index (χ1v) is 5.67. The fourth-order valence-electron chi connectivity index (χ4n) is 2.60. The molecule has 5 heteroatoms. The molecule has 3 rings (SSSR count). The number of anilines is 1. The zero-order valence-electron chi connectivity index (χ0n) is 8.36. The minimum atomic E-state index is 0.474. The zero-order chi connectivity index (χ0) is 10.3. The fourth-order valence-corrected chi connectivity index (χ4v) is 2.75. The van der Waals surface area contributed by atoms with Crippen LogP contribution in [0.5, 0.6) is 0 Å². The molecule has 1 aromatic heterocycles. The number of hydrogen-bond acceptors (Lipinski definition) is 4. The number of rotatable bonds is 1. The standard InChI is InChI=1S/C10H13ClN4/c11-9-5-13-6-10(14-9)15-2-1-7-3-12-4-8(7)15/h5-8,12H,1-4H2/t7-,8+/m0/s1. The van der Waals surface area contributed by atoms with Gasteiger partial charge in [0, 0.05) is 25.7 Å². The molecule has 4 nitrogen and oxygen atoms in total. The van der Waals surface area contributed by atoms with Gasteiger partial charge < -0.3 is 10.2 Å². The predicted octanol–water partition coefficient (Wildman–Crippen LogP) is 0.928. The summed E-state index contributed by atoms with van der Waals surface area (Å²) in [6, 6.07) is 0.581. The molecular formula is C10H13ClN4. The van der Waals surface area contributed by atoms with Gasteiger partial charge in [0.25, 0.3) is 0 Å². The number of nitrogens with zero attached hydrogens (tertiary/aromatic N) is 3. The van der Waals surface area contributed by atoms with Crippen LogP contribution in [0, 0.1) is 5.92 Å². The van der Waals surface area contributed by atoms with E-state index in [0.717, 1.165) is 31.4 Å². The maximum atomic E-state index is 5.85. The van der Waals surface area contributed by atoms with Crippen LogP contribution in [0.2, 0.25) is 5.15 Å². The topological polar surface area (TPSA) is 41.1 Å². The smallest absolute Gasteiger partial charge is 0.149 e. The average Bonchev–Trinajstić information content (AvgIpc) is 2.77. The van der Waals surface area contributed by atoms with Crippen LogP contribution in [0.1, 0.15) is 6.42 Å². The molecule has 2 fully saturated rings. The second-order valence-corrected chi connectivity index (χ2v) is 4.55. The van der Waals surface area contributed by atoms with Gasteiger partial charge in [0.05, 0.1) is 12.4 Å². The van der Waals surface area contributed by atoms with Crippen molar-refractivity contribution in [2.75, 3.05) is 24.5 Å². The predicted molar refractivity (Wildman–Crippen MR) is 59.2 cm³/mol. The molecular weight excluding hydrogens is 212 g/mol. The van der Waals surface area contributed by atoms with E-state index in [-0.39, 0.29) is 0 Å². The van der Waals surface area contributed by atoms with Crippen LogP contribution in [0.3, 0.4) is 0 Å². The molecule has 0 bridgehead atoms. The number of nitrogens with one attached hydrogen (secondary N) is 1. The summed E-state index contributed by atoms with van der Waals surface area (Å²) in [5.41, 5.74) is 0. The van der Waals surface area contributed by atoms with Crippen molar-refractivity contribution in [2.24, 2.45) is 5.92 Å². The highest BCUT2D eigenvalue weighted by Crippen LogP contribution is 2.30. The van der Waals surface area contributed by atoms with E-state index < -0.39 is 0 Å². The lowest BCUT2D eigenvalue weighted by atomic mass is 10.1. The van der Waals surface area contributed by atoms with Gasteiger partial charge in [0.15, 0.2) is 0 Å². The number of halogens is 1. The minimum absolute atomic E-state index is 0.474. The SMILES string of the molecule is Clc1cncc(N2CC[C@H]3CNC[C@H]32)n1. The van der Waals surface area contributed by atoms with E-state index in [1.165, 1.54) is 6.42 Å². The monoisotopic (exact) mass is 224 g/mol. The molecule has 0 unspecified atom stereocenters. The van der Waals surface area contributed by atoms with Gasteiger partial charge in [-0.1, -0.05) is 11.6 Å². The fraction of sp³-hybridized carbons (Fsp3) is 0.600. The van der Waals surface area contributed by atoms with Crippen molar-refractivity contribution in [3.63, 3.8) is 0 Å². The highest BCUT2D eigenvalue weighted by Gasteiger charge is 2.38. The van der Waals surface area contributed by atoms with Crippen LogP contribution in [-0.4, -0.2) is 35.6 Å². The van der Waals surface area contributed by atoms with Crippen molar-refractivity contribution in [2.45, 2.75) is 12.5 Å². The summed E-state index contributed by atoms with van der Waals surface area (Å²) in [4.78, 5) is 10.7. The Bertz CT molecular complexity index is 370. The van der Waals surface area contributed by atoms with E-state index in [0.29, 0.717) is 11.2 Å². The maximum Gasteiger partial charge on any atom is 0.149 e. The summed E-state index contributed by atoms with van der Waals surface area (Å²) in [6.45, 7) is 3.26. The minimum Gasteiger partial charge on any atom is -0.351 e. The first-order chi connectivity index (χ1) is 7.34. The van der Waals surface area contributed by atoms with Crippen molar-refractivity contribution in [1.29, 1.82) is 0 Å². The van der Waals surface area contributed by atoms with E-state index in [9.17, 15) is 0 Å². The van der Waals surface area contributed by atoms with Crippen LogP contribution in [0.4, 0.5) is 5.82 Å². The van der Waals surface area contributed by atoms with Crippen molar-refractivity contribution in [3.05, 3.63) is 17.5 Å². The largest absolute Gasteiger partial charge is 0.351 e. The molecule has 1 N–H and O–H groups in total. The van der Waals surface area contributed by atoms with Gasteiger partial charge in [-0.25, -0.2) is 4.98 Å². The molecule has 0 amide bonds. The van der Waals surface area contributed by atoms with Crippen LogP contribution in [-0.2, 0) is 0 Å². The Morgan fingerprint density at radius 3 is 3.20 bits per heavy atom. The molecule has 80 valence electrons. The summed E-state index contributed by atoms with van der Waals surface area (Å²) in [5.74, 6) is 1.68. The van der Waals surface area contributed by atoms with E-state index in [1.54, 1.807) is 12.4 Å². The molecule has 2 aliphatic heterocycles. The third-order valence-corrected chi connectivity index (χ3v) is 3.51. The highest BCUT2D eigenvalue weighted by atomic mass is 35.5. The lowest BCUT2D eigenvalue weighted by molar-refractivity contribution is 0.577. The number of fused-ring (bicyclic) bond motifs is 1.